The number of furan rings is 1. The fourth-order valence-electron chi connectivity index (χ4n) is 6.72. The molecule has 44 heavy (non-hydrogen) atoms. The average molecular weight is 587 g/mol. The number of rotatable bonds is 5. The fourth-order valence-corrected chi connectivity index (χ4v) is 6.72. The normalized spacial score (nSPS) is 15.6. The molecule has 0 saturated carbocycles. The minimum absolute atomic E-state index is 0.0897. The molecular weight excluding hydrogens is 552 g/mol. The summed E-state index contributed by atoms with van der Waals surface area (Å²) in [6, 6.07) is 16.1. The van der Waals surface area contributed by atoms with Gasteiger partial charge in [0, 0.05) is 36.4 Å². The number of benzene rings is 3. The van der Waals surface area contributed by atoms with E-state index in [-0.39, 0.29) is 23.6 Å². The Labute approximate surface area is 254 Å². The van der Waals surface area contributed by atoms with Crippen LogP contribution in [0.5, 0.6) is 0 Å². The van der Waals surface area contributed by atoms with Crippen molar-refractivity contribution in [1.82, 2.24) is 24.6 Å². The minimum Gasteiger partial charge on any atom is -0.463 e. The number of amides is 1. The second-order valence-corrected chi connectivity index (χ2v) is 11.9. The average Bonchev–Trinajstić information content (AvgIpc) is 3.70. The molecule has 9 nitrogen and oxygen atoms in total. The molecule has 6 aromatic rings. The molecule has 0 spiro atoms. The molecule has 1 fully saturated rings. The maximum atomic E-state index is 14.3. The second-order valence-electron chi connectivity index (χ2n) is 11.9. The highest BCUT2D eigenvalue weighted by Crippen LogP contribution is 2.43. The van der Waals surface area contributed by atoms with Gasteiger partial charge in [-0.3, -0.25) is 14.5 Å². The highest BCUT2D eigenvalue weighted by atomic mass is 16.3. The number of para-hydroxylation sites is 1. The van der Waals surface area contributed by atoms with Gasteiger partial charge in [0.15, 0.2) is 0 Å². The molecule has 0 aliphatic carbocycles. The van der Waals surface area contributed by atoms with E-state index in [1.54, 1.807) is 15.7 Å². The standard InChI is InChI=1S/C35H34N6O3/c1-6-30(42)39-14-15-40(22(5)19-39)34-32-29(41(35(43)37-34)28-10-8-7-9-23(28)20(2)3)17-25(24-13-16-44-33(24)32)31-21(4)11-12-27-26(31)18-36-38-27/h6-13,16-18,20,22H,1,14-15,19H2,2-5H3,(H,36,38)/t22-/m0/s1. The molecular formula is C35H34N6O3. The van der Waals surface area contributed by atoms with E-state index in [0.29, 0.717) is 36.6 Å². The summed E-state index contributed by atoms with van der Waals surface area (Å²) in [5.74, 6) is 0.639. The zero-order valence-electron chi connectivity index (χ0n) is 25.3. The number of aromatic amines is 1. The van der Waals surface area contributed by atoms with Crippen LogP contribution < -0.4 is 10.6 Å². The predicted molar refractivity (Wildman–Crippen MR) is 175 cm³/mol. The zero-order valence-corrected chi connectivity index (χ0v) is 25.3. The first-order valence-electron chi connectivity index (χ1n) is 15.0. The summed E-state index contributed by atoms with van der Waals surface area (Å²) in [4.78, 5) is 35.4. The van der Waals surface area contributed by atoms with Gasteiger partial charge in [-0.05, 0) is 72.4 Å². The van der Waals surface area contributed by atoms with Crippen molar-refractivity contribution in [2.45, 2.75) is 39.7 Å². The number of nitrogens with one attached hydrogen (secondary N) is 1. The van der Waals surface area contributed by atoms with E-state index in [1.807, 2.05) is 43.5 Å². The van der Waals surface area contributed by atoms with Crippen molar-refractivity contribution in [1.29, 1.82) is 0 Å². The van der Waals surface area contributed by atoms with Gasteiger partial charge in [0.25, 0.3) is 0 Å². The van der Waals surface area contributed by atoms with E-state index >= 15 is 0 Å². The third-order valence-electron chi connectivity index (χ3n) is 8.86. The molecule has 222 valence electrons. The van der Waals surface area contributed by atoms with Crippen molar-refractivity contribution in [3.05, 3.63) is 95.3 Å². The van der Waals surface area contributed by atoms with Crippen molar-refractivity contribution in [3.8, 4) is 16.8 Å². The molecule has 0 unspecified atom stereocenters. The molecule has 1 aliphatic heterocycles. The number of aromatic nitrogens is 4. The number of carbonyl (C=O) groups excluding carboxylic acids is 1. The van der Waals surface area contributed by atoms with Gasteiger partial charge in [0.05, 0.1) is 34.6 Å². The van der Waals surface area contributed by atoms with Gasteiger partial charge in [0.1, 0.15) is 11.4 Å². The number of hydrogen-bond donors (Lipinski definition) is 1. The number of carbonyl (C=O) groups is 1. The first kappa shape index (κ1) is 27.6. The van der Waals surface area contributed by atoms with E-state index in [1.165, 1.54) is 6.08 Å². The summed E-state index contributed by atoms with van der Waals surface area (Å²) in [7, 11) is 0. The van der Waals surface area contributed by atoms with Crippen LogP contribution in [0.3, 0.4) is 0 Å². The monoisotopic (exact) mass is 586 g/mol. The molecule has 9 heteroatoms. The summed E-state index contributed by atoms with van der Waals surface area (Å²) >= 11 is 0. The molecule has 0 bridgehead atoms. The van der Waals surface area contributed by atoms with Crippen LogP contribution in [-0.4, -0.2) is 56.2 Å². The van der Waals surface area contributed by atoms with Crippen LogP contribution in [0, 0.1) is 6.92 Å². The molecule has 4 heterocycles. The molecule has 3 aromatic heterocycles. The molecule has 1 aliphatic rings. The first-order valence-corrected chi connectivity index (χ1v) is 15.0. The lowest BCUT2D eigenvalue weighted by molar-refractivity contribution is -0.126. The third-order valence-corrected chi connectivity index (χ3v) is 8.86. The minimum atomic E-state index is -0.368. The maximum absolute atomic E-state index is 14.3. The molecule has 3 aromatic carbocycles. The number of fused-ring (bicyclic) bond motifs is 4. The topological polar surface area (TPSA) is 100 Å². The lowest BCUT2D eigenvalue weighted by Crippen LogP contribution is -2.54. The number of aryl methyl sites for hydroxylation is 1. The lowest BCUT2D eigenvalue weighted by atomic mass is 9.93. The summed E-state index contributed by atoms with van der Waals surface area (Å²) in [6.07, 6.45) is 4.89. The fraction of sp³-hybridized carbons (Fsp3) is 0.257. The van der Waals surface area contributed by atoms with Crippen LogP contribution in [0.25, 0.3) is 49.6 Å². The highest BCUT2D eigenvalue weighted by Gasteiger charge is 2.31. The summed E-state index contributed by atoms with van der Waals surface area (Å²) in [6.45, 7) is 13.5. The smallest absolute Gasteiger partial charge is 0.354 e. The Bertz CT molecular complexity index is 2150. The maximum Gasteiger partial charge on any atom is 0.354 e. The van der Waals surface area contributed by atoms with Gasteiger partial charge in [-0.15, -0.1) is 0 Å². The highest BCUT2D eigenvalue weighted by molar-refractivity contribution is 6.17. The van der Waals surface area contributed by atoms with Gasteiger partial charge < -0.3 is 14.2 Å². The Morgan fingerprint density at radius 1 is 1.14 bits per heavy atom. The Hall–Kier alpha value is -5.18. The van der Waals surface area contributed by atoms with Gasteiger partial charge >= 0.3 is 5.69 Å². The number of piperazine rings is 1. The molecule has 1 N–H and O–H groups in total. The number of anilines is 1. The number of H-pyrrole nitrogens is 1. The Balaban J connectivity index is 1.58. The molecule has 1 amide bonds. The van der Waals surface area contributed by atoms with E-state index in [0.717, 1.165) is 49.6 Å². The Morgan fingerprint density at radius 3 is 2.73 bits per heavy atom. The summed E-state index contributed by atoms with van der Waals surface area (Å²) in [5, 5.41) is 10.1. The van der Waals surface area contributed by atoms with E-state index in [9.17, 15) is 9.59 Å². The number of nitrogens with zero attached hydrogens (tertiary/aromatic N) is 5. The lowest BCUT2D eigenvalue weighted by Gasteiger charge is -2.40. The summed E-state index contributed by atoms with van der Waals surface area (Å²) < 4.78 is 8.02. The van der Waals surface area contributed by atoms with E-state index in [4.69, 9.17) is 9.40 Å². The van der Waals surface area contributed by atoms with Gasteiger partial charge in [0.2, 0.25) is 5.91 Å². The van der Waals surface area contributed by atoms with E-state index in [2.05, 4.69) is 60.6 Å². The first-order chi connectivity index (χ1) is 21.3. The van der Waals surface area contributed by atoms with Crippen molar-refractivity contribution >= 4 is 44.5 Å². The van der Waals surface area contributed by atoms with Crippen LogP contribution in [-0.2, 0) is 4.79 Å². The molecule has 7 rings (SSSR count). The number of hydrogen-bond acceptors (Lipinski definition) is 6. The summed E-state index contributed by atoms with van der Waals surface area (Å²) in [5.41, 5.74) is 6.84. The second kappa shape index (κ2) is 10.5. The van der Waals surface area contributed by atoms with Crippen LogP contribution in [0.2, 0.25) is 0 Å². The van der Waals surface area contributed by atoms with Crippen LogP contribution in [0.15, 0.2) is 82.9 Å². The molecule has 1 saturated heterocycles. The largest absolute Gasteiger partial charge is 0.463 e. The SMILES string of the molecule is C=CC(=O)N1CCN(c2nc(=O)n(-c3ccccc3C(C)C)c3cc(-c4c(C)ccc5[nH]ncc45)c4ccoc4c23)[C@@H](C)C1. The molecule has 0 radical (unpaired) electrons. The van der Waals surface area contributed by atoms with E-state index < -0.39 is 0 Å². The van der Waals surface area contributed by atoms with Crippen molar-refractivity contribution in [2.75, 3.05) is 24.5 Å². The Kier molecular flexibility index (Phi) is 6.61. The van der Waals surface area contributed by atoms with Crippen molar-refractivity contribution in [3.63, 3.8) is 0 Å². The Morgan fingerprint density at radius 2 is 1.95 bits per heavy atom. The predicted octanol–water partition coefficient (Wildman–Crippen LogP) is 6.33. The van der Waals surface area contributed by atoms with Crippen molar-refractivity contribution in [2.24, 2.45) is 0 Å². The van der Waals surface area contributed by atoms with Crippen LogP contribution in [0.1, 0.15) is 37.8 Å². The quantitative estimate of drug-likeness (QED) is 0.237. The molecule has 1 atom stereocenters. The van der Waals surface area contributed by atoms with Gasteiger partial charge in [-0.1, -0.05) is 44.7 Å². The third kappa shape index (κ3) is 4.22. The van der Waals surface area contributed by atoms with Crippen LogP contribution >= 0.6 is 0 Å². The van der Waals surface area contributed by atoms with Crippen molar-refractivity contribution < 1.29 is 9.21 Å². The zero-order chi connectivity index (χ0) is 30.7. The van der Waals surface area contributed by atoms with Gasteiger partial charge in [-0.2, -0.15) is 10.1 Å². The van der Waals surface area contributed by atoms with Crippen LogP contribution in [0.4, 0.5) is 5.82 Å². The van der Waals surface area contributed by atoms with Gasteiger partial charge in [-0.25, -0.2) is 4.79 Å².